The molecule has 3 heterocycles. The summed E-state index contributed by atoms with van der Waals surface area (Å²) in [7, 11) is 0. The van der Waals surface area contributed by atoms with Gasteiger partial charge >= 0.3 is 5.56 Å². The summed E-state index contributed by atoms with van der Waals surface area (Å²) in [6, 6.07) is 13.1. The van der Waals surface area contributed by atoms with E-state index in [0.717, 1.165) is 36.5 Å². The van der Waals surface area contributed by atoms with E-state index >= 15 is 0 Å². The number of pyridine rings is 2. The van der Waals surface area contributed by atoms with Crippen molar-refractivity contribution in [3.05, 3.63) is 59.0 Å². The minimum Gasteiger partial charge on any atom is -0.502 e. The van der Waals surface area contributed by atoms with E-state index in [1.54, 1.807) is 16.8 Å². The van der Waals surface area contributed by atoms with Gasteiger partial charge in [-0.05, 0) is 24.3 Å². The topological polar surface area (TPSA) is 59.6 Å². The van der Waals surface area contributed by atoms with Crippen LogP contribution in [0.4, 0.5) is 5.69 Å². The first-order valence-corrected chi connectivity index (χ1v) is 7.90. The lowest BCUT2D eigenvalue weighted by molar-refractivity contribution is -0.819. The van der Waals surface area contributed by atoms with Gasteiger partial charge in [-0.25, -0.2) is 4.98 Å². The number of nitrogens with one attached hydrogen (secondary N) is 1. The van der Waals surface area contributed by atoms with E-state index in [-0.39, 0.29) is 11.3 Å². The number of nitrogens with zero attached hydrogens (tertiary/aromatic N) is 2. The van der Waals surface area contributed by atoms with Crippen molar-refractivity contribution in [3.8, 4) is 11.4 Å². The number of benzene rings is 1. The molecule has 4 rings (SSSR count). The van der Waals surface area contributed by atoms with Gasteiger partial charge in [-0.1, -0.05) is 18.2 Å². The SMILES string of the molecule is O=c1c([NH+]2CCCC2)c(O)c2cccnc2n1-c1ccccc1. The molecular formula is C18H18N3O2+. The zero-order valence-electron chi connectivity index (χ0n) is 12.7. The molecular weight excluding hydrogens is 290 g/mol. The number of para-hydroxylation sites is 1. The maximum atomic E-state index is 13.1. The summed E-state index contributed by atoms with van der Waals surface area (Å²) in [4.78, 5) is 18.5. The van der Waals surface area contributed by atoms with E-state index in [0.29, 0.717) is 16.7 Å². The summed E-state index contributed by atoms with van der Waals surface area (Å²) in [6.07, 6.45) is 3.79. The Morgan fingerprint density at radius 3 is 2.52 bits per heavy atom. The number of aromatic hydroxyl groups is 1. The highest BCUT2D eigenvalue weighted by atomic mass is 16.3. The molecule has 5 nitrogen and oxygen atoms in total. The molecule has 1 aliphatic rings. The molecule has 0 bridgehead atoms. The van der Waals surface area contributed by atoms with Crippen molar-refractivity contribution in [2.24, 2.45) is 0 Å². The van der Waals surface area contributed by atoms with Crippen LogP contribution in [-0.4, -0.2) is 27.7 Å². The standard InChI is InChI=1S/C18H17N3O2/c22-16-14-9-6-10-19-17(14)21(13-7-2-1-3-8-13)18(23)15(16)20-11-4-5-12-20/h1-3,6-10,22H,4-5,11-12H2/p+1. The van der Waals surface area contributed by atoms with Gasteiger partial charge in [0.2, 0.25) is 5.69 Å². The summed E-state index contributed by atoms with van der Waals surface area (Å²) >= 11 is 0. The largest absolute Gasteiger partial charge is 0.502 e. The van der Waals surface area contributed by atoms with Crippen LogP contribution < -0.4 is 10.5 Å². The van der Waals surface area contributed by atoms with Gasteiger partial charge < -0.3 is 5.11 Å². The second-order valence-corrected chi connectivity index (χ2v) is 5.88. The maximum absolute atomic E-state index is 13.1. The van der Waals surface area contributed by atoms with Gasteiger partial charge in [0.05, 0.1) is 24.2 Å². The maximum Gasteiger partial charge on any atom is 0.322 e. The number of aromatic nitrogens is 2. The molecule has 0 radical (unpaired) electrons. The summed E-state index contributed by atoms with van der Waals surface area (Å²) in [5.41, 5.74) is 1.54. The molecule has 1 fully saturated rings. The monoisotopic (exact) mass is 308 g/mol. The van der Waals surface area contributed by atoms with Gasteiger partial charge in [-0.15, -0.1) is 0 Å². The Morgan fingerprint density at radius 2 is 1.78 bits per heavy atom. The predicted molar refractivity (Wildman–Crippen MR) is 88.6 cm³/mol. The second kappa shape index (κ2) is 5.52. The van der Waals surface area contributed by atoms with E-state index in [2.05, 4.69) is 4.98 Å². The molecule has 0 atom stereocenters. The first-order valence-electron chi connectivity index (χ1n) is 7.90. The smallest absolute Gasteiger partial charge is 0.322 e. The quantitative estimate of drug-likeness (QED) is 0.752. The van der Waals surface area contributed by atoms with Crippen molar-refractivity contribution in [2.45, 2.75) is 12.8 Å². The Balaban J connectivity index is 2.10. The number of quaternary nitrogens is 1. The third kappa shape index (κ3) is 2.21. The molecule has 5 heteroatoms. The molecule has 0 unspecified atom stereocenters. The van der Waals surface area contributed by atoms with Crippen LogP contribution in [0.3, 0.4) is 0 Å². The van der Waals surface area contributed by atoms with Crippen LogP contribution in [0.1, 0.15) is 12.8 Å². The van der Waals surface area contributed by atoms with Gasteiger partial charge in [0.15, 0.2) is 11.4 Å². The summed E-state index contributed by atoms with van der Waals surface area (Å²) in [6.45, 7) is 1.76. The van der Waals surface area contributed by atoms with Crippen molar-refractivity contribution >= 4 is 16.7 Å². The van der Waals surface area contributed by atoms with Crippen molar-refractivity contribution in [1.82, 2.24) is 9.55 Å². The number of rotatable bonds is 2. The van der Waals surface area contributed by atoms with Gasteiger partial charge in [0, 0.05) is 19.0 Å². The van der Waals surface area contributed by atoms with Crippen LogP contribution in [0, 0.1) is 0 Å². The third-order valence-corrected chi connectivity index (χ3v) is 4.48. The minimum atomic E-state index is -0.184. The fourth-order valence-corrected chi connectivity index (χ4v) is 3.39. The lowest BCUT2D eigenvalue weighted by Crippen LogP contribution is -3.06. The first kappa shape index (κ1) is 14.0. The molecule has 0 aliphatic carbocycles. The number of fused-ring (bicyclic) bond motifs is 1. The summed E-state index contributed by atoms with van der Waals surface area (Å²) in [5, 5.41) is 11.3. The van der Waals surface area contributed by atoms with Crippen molar-refractivity contribution in [3.63, 3.8) is 0 Å². The van der Waals surface area contributed by atoms with Crippen LogP contribution >= 0.6 is 0 Å². The molecule has 116 valence electrons. The predicted octanol–water partition coefficient (Wildman–Crippen LogP) is 1.40. The fourth-order valence-electron chi connectivity index (χ4n) is 3.39. The molecule has 0 spiro atoms. The lowest BCUT2D eigenvalue weighted by Gasteiger charge is -2.17. The highest BCUT2D eigenvalue weighted by molar-refractivity contribution is 5.86. The molecule has 3 aromatic rings. The number of hydrogen-bond acceptors (Lipinski definition) is 3. The van der Waals surface area contributed by atoms with Crippen LogP contribution in [0.25, 0.3) is 16.7 Å². The lowest BCUT2D eigenvalue weighted by atomic mass is 10.2. The van der Waals surface area contributed by atoms with Crippen molar-refractivity contribution < 1.29 is 10.0 Å². The van der Waals surface area contributed by atoms with E-state index in [1.165, 1.54) is 0 Å². The molecule has 2 aromatic heterocycles. The zero-order chi connectivity index (χ0) is 15.8. The van der Waals surface area contributed by atoms with Crippen LogP contribution in [0.2, 0.25) is 0 Å². The normalized spacial score (nSPS) is 15.3. The van der Waals surface area contributed by atoms with Crippen LogP contribution in [0.5, 0.6) is 5.75 Å². The van der Waals surface area contributed by atoms with E-state index in [4.69, 9.17) is 0 Å². The summed E-state index contributed by atoms with van der Waals surface area (Å²) in [5.74, 6) is 0.0715. The third-order valence-electron chi connectivity index (χ3n) is 4.48. The first-order chi connectivity index (χ1) is 11.3. The van der Waals surface area contributed by atoms with Gasteiger partial charge in [0.25, 0.3) is 0 Å². The molecule has 0 amide bonds. The molecule has 1 saturated heterocycles. The highest BCUT2D eigenvalue weighted by Gasteiger charge is 2.29. The minimum absolute atomic E-state index is 0.0715. The van der Waals surface area contributed by atoms with Crippen LogP contribution in [-0.2, 0) is 0 Å². The Hall–Kier alpha value is -2.66. The average molecular weight is 308 g/mol. The fraction of sp³-hybridized carbons (Fsp3) is 0.222. The molecule has 0 saturated carbocycles. The molecule has 23 heavy (non-hydrogen) atoms. The Labute approximate surface area is 133 Å². The highest BCUT2D eigenvalue weighted by Crippen LogP contribution is 2.28. The Kier molecular flexibility index (Phi) is 3.35. The van der Waals surface area contributed by atoms with Gasteiger partial charge in [-0.2, -0.15) is 0 Å². The average Bonchev–Trinajstić information content (AvgIpc) is 3.10. The van der Waals surface area contributed by atoms with E-state index < -0.39 is 0 Å². The van der Waals surface area contributed by atoms with Gasteiger partial charge in [0.1, 0.15) is 0 Å². The summed E-state index contributed by atoms with van der Waals surface area (Å²) < 4.78 is 1.61. The Morgan fingerprint density at radius 1 is 1.04 bits per heavy atom. The van der Waals surface area contributed by atoms with Gasteiger partial charge in [-0.3, -0.25) is 14.3 Å². The number of hydrogen-bond donors (Lipinski definition) is 2. The molecule has 1 aromatic carbocycles. The van der Waals surface area contributed by atoms with Crippen molar-refractivity contribution in [1.29, 1.82) is 0 Å². The Bertz CT molecular complexity index is 913. The van der Waals surface area contributed by atoms with E-state index in [1.807, 2.05) is 36.4 Å². The van der Waals surface area contributed by atoms with E-state index in [9.17, 15) is 9.90 Å². The van der Waals surface area contributed by atoms with Crippen LogP contribution in [0.15, 0.2) is 53.5 Å². The molecule has 2 N–H and O–H groups in total. The van der Waals surface area contributed by atoms with Crippen molar-refractivity contribution in [2.75, 3.05) is 13.1 Å². The molecule has 1 aliphatic heterocycles. The second-order valence-electron chi connectivity index (χ2n) is 5.88. The zero-order valence-corrected chi connectivity index (χ0v) is 12.7.